The summed E-state index contributed by atoms with van der Waals surface area (Å²) in [4.78, 5) is 14.2. The molecular weight excluding hydrogens is 301 g/mol. The zero-order valence-corrected chi connectivity index (χ0v) is 13.5. The molecule has 0 saturated heterocycles. The lowest BCUT2D eigenvalue weighted by Crippen LogP contribution is -2.31. The van der Waals surface area contributed by atoms with Gasteiger partial charge in [0, 0.05) is 24.2 Å². The van der Waals surface area contributed by atoms with Crippen LogP contribution in [-0.4, -0.2) is 17.9 Å². The molecule has 2 nitrogen and oxygen atoms in total. The fraction of sp³-hybridized carbons (Fsp3) is 0.278. The van der Waals surface area contributed by atoms with Crippen LogP contribution in [0.1, 0.15) is 30.4 Å². The summed E-state index contributed by atoms with van der Waals surface area (Å²) < 4.78 is 13.9. The predicted molar refractivity (Wildman–Crippen MR) is 87.4 cm³/mol. The molecule has 22 heavy (non-hydrogen) atoms. The Labute approximate surface area is 135 Å². The monoisotopic (exact) mass is 319 g/mol. The summed E-state index contributed by atoms with van der Waals surface area (Å²) in [5.74, 6) is -0.648. The van der Waals surface area contributed by atoms with Gasteiger partial charge >= 0.3 is 0 Å². The molecule has 2 aromatic carbocycles. The maximum absolute atomic E-state index is 13.9. The van der Waals surface area contributed by atoms with E-state index in [1.165, 1.54) is 11.0 Å². The van der Waals surface area contributed by atoms with Crippen molar-refractivity contribution in [1.29, 1.82) is 0 Å². The van der Waals surface area contributed by atoms with Crippen LogP contribution in [0.5, 0.6) is 0 Å². The molecule has 4 heteroatoms. The molecule has 0 fully saturated rings. The summed E-state index contributed by atoms with van der Waals surface area (Å²) in [6.45, 7) is 2.13. The Morgan fingerprint density at radius 2 is 1.86 bits per heavy atom. The van der Waals surface area contributed by atoms with Crippen LogP contribution in [0.2, 0.25) is 5.02 Å². The molecule has 0 aliphatic carbocycles. The molecule has 116 valence electrons. The second kappa shape index (κ2) is 7.41. The van der Waals surface area contributed by atoms with Crippen LogP contribution in [0, 0.1) is 5.82 Å². The molecule has 2 rings (SSSR count). The van der Waals surface area contributed by atoms with Gasteiger partial charge in [0.2, 0.25) is 5.91 Å². The van der Waals surface area contributed by atoms with Gasteiger partial charge in [0.05, 0.1) is 5.92 Å². The van der Waals surface area contributed by atoms with Gasteiger partial charge in [-0.15, -0.1) is 0 Å². The molecular formula is C18H19ClFNO. The van der Waals surface area contributed by atoms with E-state index < -0.39 is 0 Å². The number of carbonyl (C=O) groups excluding carboxylic acids is 1. The van der Waals surface area contributed by atoms with E-state index in [1.54, 1.807) is 19.2 Å². The van der Waals surface area contributed by atoms with Crippen molar-refractivity contribution in [3.63, 3.8) is 0 Å². The number of rotatable bonds is 5. The third kappa shape index (κ3) is 3.66. The molecule has 0 bridgehead atoms. The van der Waals surface area contributed by atoms with Gasteiger partial charge in [-0.25, -0.2) is 4.39 Å². The predicted octanol–water partition coefficient (Wildman–Crippen LogP) is 4.63. The van der Waals surface area contributed by atoms with Crippen molar-refractivity contribution in [2.75, 3.05) is 7.05 Å². The fourth-order valence-corrected chi connectivity index (χ4v) is 2.73. The first kappa shape index (κ1) is 16.5. The van der Waals surface area contributed by atoms with E-state index >= 15 is 0 Å². The Morgan fingerprint density at radius 1 is 1.18 bits per heavy atom. The van der Waals surface area contributed by atoms with Crippen molar-refractivity contribution >= 4 is 17.5 Å². The van der Waals surface area contributed by atoms with Gasteiger partial charge in [-0.1, -0.05) is 54.9 Å². The molecule has 0 radical (unpaired) electrons. The van der Waals surface area contributed by atoms with Gasteiger partial charge in [0.25, 0.3) is 0 Å². The van der Waals surface area contributed by atoms with Crippen molar-refractivity contribution in [1.82, 2.24) is 4.90 Å². The van der Waals surface area contributed by atoms with E-state index in [0.717, 1.165) is 5.56 Å². The summed E-state index contributed by atoms with van der Waals surface area (Å²) >= 11 is 6.03. The van der Waals surface area contributed by atoms with E-state index in [9.17, 15) is 9.18 Å². The van der Waals surface area contributed by atoms with E-state index in [4.69, 9.17) is 11.6 Å². The molecule has 0 aromatic heterocycles. The first-order valence-corrected chi connectivity index (χ1v) is 7.65. The highest BCUT2D eigenvalue weighted by molar-refractivity contribution is 6.31. The minimum absolute atomic E-state index is 0.0342. The normalized spacial score (nSPS) is 12.0. The second-order valence-corrected chi connectivity index (χ2v) is 5.67. The molecule has 0 saturated carbocycles. The number of benzene rings is 2. The zero-order chi connectivity index (χ0) is 16.1. The summed E-state index contributed by atoms with van der Waals surface area (Å²) in [5.41, 5.74) is 1.32. The summed E-state index contributed by atoms with van der Waals surface area (Å²) in [6, 6.07) is 14.2. The summed E-state index contributed by atoms with van der Waals surface area (Å²) in [6.07, 6.45) is 0.693. The molecule has 1 unspecified atom stereocenters. The van der Waals surface area contributed by atoms with Crippen LogP contribution in [0.25, 0.3) is 0 Å². The van der Waals surface area contributed by atoms with E-state index in [0.29, 0.717) is 17.0 Å². The molecule has 1 amide bonds. The van der Waals surface area contributed by atoms with E-state index in [2.05, 4.69) is 0 Å². The Balaban J connectivity index is 2.18. The van der Waals surface area contributed by atoms with Gasteiger partial charge in [-0.3, -0.25) is 4.79 Å². The highest BCUT2D eigenvalue weighted by Crippen LogP contribution is 2.25. The number of likely N-dealkylation sites (N-methyl/N-ethyl adjacent to an activating group) is 1. The first-order valence-electron chi connectivity index (χ1n) is 7.27. The SMILES string of the molecule is CCC(C(=O)N(C)Cc1c(F)cccc1Cl)c1ccccc1. The molecule has 0 heterocycles. The van der Waals surface area contributed by atoms with Crippen molar-refractivity contribution in [3.8, 4) is 0 Å². The van der Waals surface area contributed by atoms with Crippen LogP contribution in [0.3, 0.4) is 0 Å². The minimum Gasteiger partial charge on any atom is -0.341 e. The summed E-state index contributed by atoms with van der Waals surface area (Å²) in [7, 11) is 1.68. The first-order chi connectivity index (χ1) is 10.5. The van der Waals surface area contributed by atoms with Crippen LogP contribution in [-0.2, 0) is 11.3 Å². The maximum Gasteiger partial charge on any atom is 0.230 e. The number of carbonyl (C=O) groups is 1. The number of halogens is 2. The Bertz CT molecular complexity index is 625. The van der Waals surface area contributed by atoms with E-state index in [1.807, 2.05) is 37.3 Å². The average Bonchev–Trinajstić information content (AvgIpc) is 2.52. The molecule has 0 aliphatic heterocycles. The molecule has 1 atom stereocenters. The molecule has 2 aromatic rings. The van der Waals surface area contributed by atoms with Crippen LogP contribution in [0.15, 0.2) is 48.5 Å². The molecule has 0 spiro atoms. The van der Waals surface area contributed by atoms with Crippen molar-refractivity contribution in [2.24, 2.45) is 0 Å². The highest BCUT2D eigenvalue weighted by Gasteiger charge is 2.23. The number of nitrogens with zero attached hydrogens (tertiary/aromatic N) is 1. The highest BCUT2D eigenvalue weighted by atomic mass is 35.5. The lowest BCUT2D eigenvalue weighted by Gasteiger charge is -2.24. The Morgan fingerprint density at radius 3 is 2.45 bits per heavy atom. The van der Waals surface area contributed by atoms with Crippen LogP contribution < -0.4 is 0 Å². The zero-order valence-electron chi connectivity index (χ0n) is 12.7. The van der Waals surface area contributed by atoms with Gasteiger partial charge in [0.15, 0.2) is 0 Å². The topological polar surface area (TPSA) is 20.3 Å². The van der Waals surface area contributed by atoms with Crippen molar-refractivity contribution in [2.45, 2.75) is 25.8 Å². The second-order valence-electron chi connectivity index (χ2n) is 5.27. The van der Waals surface area contributed by atoms with E-state index in [-0.39, 0.29) is 24.2 Å². The smallest absolute Gasteiger partial charge is 0.230 e. The fourth-order valence-electron chi connectivity index (χ4n) is 2.50. The lowest BCUT2D eigenvalue weighted by molar-refractivity contribution is -0.132. The minimum atomic E-state index is -0.389. The average molecular weight is 320 g/mol. The largest absolute Gasteiger partial charge is 0.341 e. The van der Waals surface area contributed by atoms with Gasteiger partial charge < -0.3 is 4.90 Å². The molecule has 0 aliphatic rings. The van der Waals surface area contributed by atoms with Crippen LogP contribution >= 0.6 is 11.6 Å². The van der Waals surface area contributed by atoms with Crippen molar-refractivity contribution in [3.05, 3.63) is 70.5 Å². The lowest BCUT2D eigenvalue weighted by atomic mass is 9.95. The van der Waals surface area contributed by atoms with Crippen molar-refractivity contribution < 1.29 is 9.18 Å². The number of hydrogen-bond donors (Lipinski definition) is 0. The van der Waals surface area contributed by atoms with Crippen LogP contribution in [0.4, 0.5) is 4.39 Å². The third-order valence-electron chi connectivity index (χ3n) is 3.74. The number of amides is 1. The van der Waals surface area contributed by atoms with Gasteiger partial charge in [0.1, 0.15) is 5.82 Å². The quantitative estimate of drug-likeness (QED) is 0.786. The maximum atomic E-state index is 13.9. The van der Waals surface area contributed by atoms with Gasteiger partial charge in [-0.05, 0) is 24.1 Å². The third-order valence-corrected chi connectivity index (χ3v) is 4.10. The van der Waals surface area contributed by atoms with Gasteiger partial charge in [-0.2, -0.15) is 0 Å². The molecule has 0 N–H and O–H groups in total. The Kier molecular flexibility index (Phi) is 5.56. The standard InChI is InChI=1S/C18H19ClFNO/c1-3-14(13-8-5-4-6-9-13)18(22)21(2)12-15-16(19)10-7-11-17(15)20/h4-11,14H,3,12H2,1-2H3. The Hall–Kier alpha value is -1.87. The summed E-state index contributed by atoms with van der Waals surface area (Å²) in [5, 5.41) is 0.340. The number of hydrogen-bond acceptors (Lipinski definition) is 1.